The van der Waals surface area contributed by atoms with Crippen LogP contribution in [0.5, 0.6) is 0 Å². The van der Waals surface area contributed by atoms with Gasteiger partial charge in [-0.15, -0.1) is 0 Å². The van der Waals surface area contributed by atoms with Gasteiger partial charge in [0, 0.05) is 28.9 Å². The maximum Gasteiger partial charge on any atom is 0.416 e. The Balaban J connectivity index is 1.54. The number of anilines is 1. The molecular weight excluding hydrogens is 638 g/mol. The van der Waals surface area contributed by atoms with Crippen molar-refractivity contribution in [3.8, 4) is 28.1 Å². The van der Waals surface area contributed by atoms with Crippen LogP contribution in [0.3, 0.4) is 0 Å². The van der Waals surface area contributed by atoms with E-state index in [-0.39, 0.29) is 17.7 Å². The summed E-state index contributed by atoms with van der Waals surface area (Å²) in [4.78, 5) is 16.6. The molecule has 0 aliphatic carbocycles. The standard InChI is InChI=1S/C31H22Cl2F3N3O4S/c1-44(42,43)38-27-16-23(11-13-25(27)30(40)41)39-17-28(24-12-10-22(32)15-26(24)33)37-29(39)14-18-2-4-19(5-3-18)20-6-8-21(9-7-20)31(34,35)36/h2-13,15-17,38H,14H2,1H3,(H,40,41). The normalized spacial score (nSPS) is 11.9. The number of rotatable bonds is 8. The fraction of sp³-hybridized carbons (Fsp3) is 0.0968. The van der Waals surface area contributed by atoms with Gasteiger partial charge in [-0.3, -0.25) is 4.72 Å². The van der Waals surface area contributed by atoms with Crippen molar-refractivity contribution in [1.82, 2.24) is 9.55 Å². The Morgan fingerprint density at radius 3 is 2.14 bits per heavy atom. The fourth-order valence-electron chi connectivity index (χ4n) is 4.60. The smallest absolute Gasteiger partial charge is 0.416 e. The van der Waals surface area contributed by atoms with Crippen LogP contribution in [0, 0.1) is 0 Å². The molecule has 0 unspecified atom stereocenters. The molecule has 13 heteroatoms. The number of nitrogens with zero attached hydrogens (tertiary/aromatic N) is 2. The molecule has 0 spiro atoms. The van der Waals surface area contributed by atoms with Crippen molar-refractivity contribution >= 4 is 44.9 Å². The summed E-state index contributed by atoms with van der Waals surface area (Å²) in [6, 6.07) is 21.3. The molecule has 0 saturated heterocycles. The third kappa shape index (κ3) is 7.07. The van der Waals surface area contributed by atoms with Gasteiger partial charge in [0.2, 0.25) is 10.0 Å². The monoisotopic (exact) mass is 659 g/mol. The lowest BCUT2D eigenvalue weighted by Crippen LogP contribution is -2.14. The number of halogens is 5. The minimum atomic E-state index is -4.42. The predicted molar refractivity (Wildman–Crippen MR) is 164 cm³/mol. The summed E-state index contributed by atoms with van der Waals surface area (Å²) in [5, 5.41) is 10.4. The molecule has 5 rings (SSSR count). The molecule has 226 valence electrons. The summed E-state index contributed by atoms with van der Waals surface area (Å²) in [6.45, 7) is 0. The molecule has 0 atom stereocenters. The van der Waals surface area contributed by atoms with E-state index in [1.807, 2.05) is 12.1 Å². The first kappa shape index (κ1) is 31.1. The van der Waals surface area contributed by atoms with Gasteiger partial charge >= 0.3 is 12.1 Å². The number of benzene rings is 4. The summed E-state index contributed by atoms with van der Waals surface area (Å²) < 4.78 is 66.8. The van der Waals surface area contributed by atoms with E-state index < -0.39 is 27.7 Å². The molecule has 0 fully saturated rings. The number of hydrogen-bond donors (Lipinski definition) is 2. The molecule has 1 heterocycles. The van der Waals surface area contributed by atoms with Crippen LogP contribution in [0.1, 0.15) is 27.3 Å². The molecule has 0 aliphatic heterocycles. The molecule has 0 bridgehead atoms. The lowest BCUT2D eigenvalue weighted by molar-refractivity contribution is -0.137. The second-order valence-corrected chi connectivity index (χ2v) is 12.5. The van der Waals surface area contributed by atoms with E-state index in [9.17, 15) is 31.5 Å². The second kappa shape index (κ2) is 12.0. The van der Waals surface area contributed by atoms with Crippen LogP contribution in [-0.4, -0.2) is 35.3 Å². The van der Waals surface area contributed by atoms with Crippen LogP contribution >= 0.6 is 23.2 Å². The Bertz CT molecular complexity index is 1980. The van der Waals surface area contributed by atoms with E-state index in [0.717, 1.165) is 29.5 Å². The summed E-state index contributed by atoms with van der Waals surface area (Å²) >= 11 is 12.5. The largest absolute Gasteiger partial charge is 0.478 e. The SMILES string of the molecule is CS(=O)(=O)Nc1cc(-n2cc(-c3ccc(Cl)cc3Cl)nc2Cc2ccc(-c3ccc(C(F)(F)F)cc3)cc2)ccc1C(=O)O. The summed E-state index contributed by atoms with van der Waals surface area (Å²) in [5.41, 5.74) is 2.58. The van der Waals surface area contributed by atoms with E-state index in [2.05, 4.69) is 4.72 Å². The van der Waals surface area contributed by atoms with Gasteiger partial charge in [-0.2, -0.15) is 13.2 Å². The predicted octanol–water partition coefficient (Wildman–Crippen LogP) is 8.19. The number of carboxylic acid groups (broad SMARTS) is 1. The van der Waals surface area contributed by atoms with E-state index in [1.54, 1.807) is 41.1 Å². The average Bonchev–Trinajstić information content (AvgIpc) is 3.35. The number of carbonyl (C=O) groups is 1. The molecule has 0 radical (unpaired) electrons. The zero-order valence-electron chi connectivity index (χ0n) is 22.7. The Morgan fingerprint density at radius 1 is 0.932 bits per heavy atom. The Morgan fingerprint density at radius 2 is 1.57 bits per heavy atom. The van der Waals surface area contributed by atoms with Crippen molar-refractivity contribution in [1.29, 1.82) is 0 Å². The number of carboxylic acids is 1. The number of aromatic nitrogens is 2. The Labute approximate surface area is 260 Å². The first-order valence-corrected chi connectivity index (χ1v) is 15.5. The topological polar surface area (TPSA) is 101 Å². The number of imidazole rings is 1. The van der Waals surface area contributed by atoms with Crippen molar-refractivity contribution in [3.63, 3.8) is 0 Å². The van der Waals surface area contributed by atoms with Crippen molar-refractivity contribution in [2.24, 2.45) is 0 Å². The van der Waals surface area contributed by atoms with Gasteiger partial charge in [0.05, 0.1) is 33.8 Å². The minimum absolute atomic E-state index is 0.121. The van der Waals surface area contributed by atoms with E-state index in [0.29, 0.717) is 38.4 Å². The maximum atomic E-state index is 13.0. The maximum absolute atomic E-state index is 13.0. The number of nitrogens with one attached hydrogen (secondary N) is 1. The first-order valence-electron chi connectivity index (χ1n) is 12.8. The van der Waals surface area contributed by atoms with Gasteiger partial charge in [-0.1, -0.05) is 59.6 Å². The lowest BCUT2D eigenvalue weighted by Gasteiger charge is -2.13. The molecule has 1 aromatic heterocycles. The highest BCUT2D eigenvalue weighted by Crippen LogP contribution is 2.33. The van der Waals surface area contributed by atoms with Crippen molar-refractivity contribution in [3.05, 3.63) is 124 Å². The van der Waals surface area contributed by atoms with Crippen molar-refractivity contribution in [2.75, 3.05) is 11.0 Å². The number of aromatic carboxylic acids is 1. The van der Waals surface area contributed by atoms with Crippen molar-refractivity contribution in [2.45, 2.75) is 12.6 Å². The second-order valence-electron chi connectivity index (χ2n) is 9.89. The van der Waals surface area contributed by atoms with Crippen LogP contribution < -0.4 is 4.72 Å². The minimum Gasteiger partial charge on any atom is -0.478 e. The highest BCUT2D eigenvalue weighted by molar-refractivity contribution is 7.92. The molecule has 5 aromatic rings. The third-order valence-electron chi connectivity index (χ3n) is 6.65. The molecule has 7 nitrogen and oxygen atoms in total. The number of alkyl halides is 3. The zero-order chi connectivity index (χ0) is 31.8. The van der Waals surface area contributed by atoms with Crippen LogP contribution in [0.15, 0.2) is 91.1 Å². The van der Waals surface area contributed by atoms with Crippen LogP contribution in [-0.2, 0) is 22.6 Å². The van der Waals surface area contributed by atoms with Crippen LogP contribution in [0.4, 0.5) is 18.9 Å². The summed E-state index contributed by atoms with van der Waals surface area (Å²) in [5.74, 6) is -0.794. The molecule has 44 heavy (non-hydrogen) atoms. The van der Waals surface area contributed by atoms with Crippen molar-refractivity contribution < 1.29 is 31.5 Å². The fourth-order valence-corrected chi connectivity index (χ4v) is 5.67. The van der Waals surface area contributed by atoms with Crippen LogP contribution in [0.2, 0.25) is 10.0 Å². The molecule has 0 aliphatic rings. The van der Waals surface area contributed by atoms with Gasteiger partial charge in [0.25, 0.3) is 0 Å². The van der Waals surface area contributed by atoms with E-state index >= 15 is 0 Å². The van der Waals surface area contributed by atoms with Crippen LogP contribution in [0.25, 0.3) is 28.1 Å². The van der Waals surface area contributed by atoms with Gasteiger partial charge in [-0.25, -0.2) is 18.2 Å². The average molecular weight is 661 g/mol. The first-order chi connectivity index (χ1) is 20.7. The summed E-state index contributed by atoms with van der Waals surface area (Å²) in [6.07, 6.45) is -1.52. The van der Waals surface area contributed by atoms with Gasteiger partial charge in [0.15, 0.2) is 0 Å². The summed E-state index contributed by atoms with van der Waals surface area (Å²) in [7, 11) is -3.80. The molecule has 4 aromatic carbocycles. The molecule has 0 amide bonds. The van der Waals surface area contributed by atoms with E-state index in [1.165, 1.54) is 30.3 Å². The van der Waals surface area contributed by atoms with E-state index in [4.69, 9.17) is 28.2 Å². The Hall–Kier alpha value is -4.32. The third-order valence-corrected chi connectivity index (χ3v) is 7.79. The highest BCUT2D eigenvalue weighted by atomic mass is 35.5. The quantitative estimate of drug-likeness (QED) is 0.175. The van der Waals surface area contributed by atoms with Gasteiger partial charge in [0.1, 0.15) is 5.82 Å². The number of sulfonamides is 1. The molecular formula is C31H22Cl2F3N3O4S. The zero-order valence-corrected chi connectivity index (χ0v) is 25.1. The highest BCUT2D eigenvalue weighted by Gasteiger charge is 2.30. The number of hydrogen-bond acceptors (Lipinski definition) is 4. The lowest BCUT2D eigenvalue weighted by atomic mass is 10.0. The molecule has 0 saturated carbocycles. The molecule has 2 N–H and O–H groups in total. The Kier molecular flexibility index (Phi) is 8.48. The van der Waals surface area contributed by atoms with Gasteiger partial charge in [-0.05, 0) is 65.2 Å². The van der Waals surface area contributed by atoms with Gasteiger partial charge < -0.3 is 9.67 Å².